The molecule has 0 saturated heterocycles. The highest BCUT2D eigenvalue weighted by atomic mass is 14.3. The highest BCUT2D eigenvalue weighted by Gasteiger charge is 2.30. The van der Waals surface area contributed by atoms with Gasteiger partial charge in [-0.1, -0.05) is 38.5 Å². The zero-order valence-corrected chi connectivity index (χ0v) is 12.3. The Morgan fingerprint density at radius 3 is 2.00 bits per heavy atom. The van der Waals surface area contributed by atoms with E-state index in [1.54, 1.807) is 0 Å². The third-order valence-electron chi connectivity index (χ3n) is 5.36. The van der Waals surface area contributed by atoms with E-state index in [2.05, 4.69) is 18.8 Å². The second-order valence-electron chi connectivity index (χ2n) is 6.56. The summed E-state index contributed by atoms with van der Waals surface area (Å²) in [6.07, 6.45) is 13.9. The van der Waals surface area contributed by atoms with E-state index in [1.165, 1.54) is 64.2 Å². The average molecular weight is 257 g/mol. The molecule has 0 amide bonds. The first-order chi connectivity index (χ1) is 9.33. The predicted molar refractivity (Wildman–Crippen MR) is 79.2 cm³/mol. The minimum Gasteiger partial charge on any atom is -0.183 e. The van der Waals surface area contributed by atoms with Gasteiger partial charge in [0.15, 0.2) is 6.07 Å². The highest BCUT2D eigenvalue weighted by Crippen LogP contribution is 2.41. The van der Waals surface area contributed by atoms with Crippen molar-refractivity contribution >= 4 is 0 Å². The van der Waals surface area contributed by atoms with Crippen molar-refractivity contribution < 1.29 is 0 Å². The standard InChI is InChI=1S/C18H27N/c1-2-4-15-6-10-17(11-7-15)18-12-8-16(9-13-18)5-3-14-19/h15-18H,2,4,6-13H2,1H3. The van der Waals surface area contributed by atoms with Crippen molar-refractivity contribution in [3.05, 3.63) is 0 Å². The summed E-state index contributed by atoms with van der Waals surface area (Å²) in [7, 11) is 0. The highest BCUT2D eigenvalue weighted by molar-refractivity contribution is 5.18. The number of nitriles is 1. The monoisotopic (exact) mass is 257 g/mol. The quantitative estimate of drug-likeness (QED) is 0.658. The van der Waals surface area contributed by atoms with Crippen LogP contribution in [-0.4, -0.2) is 0 Å². The zero-order valence-electron chi connectivity index (χ0n) is 12.3. The molecular weight excluding hydrogens is 230 g/mol. The molecule has 1 nitrogen and oxygen atoms in total. The summed E-state index contributed by atoms with van der Waals surface area (Å²) in [6.45, 7) is 2.32. The normalized spacial score (nSPS) is 34.9. The van der Waals surface area contributed by atoms with Crippen LogP contribution in [0.3, 0.4) is 0 Å². The Kier molecular flexibility index (Phi) is 5.78. The van der Waals surface area contributed by atoms with Gasteiger partial charge in [-0.25, -0.2) is 0 Å². The molecular formula is C18H27N. The third-order valence-corrected chi connectivity index (χ3v) is 5.36. The van der Waals surface area contributed by atoms with Gasteiger partial charge in [0, 0.05) is 11.8 Å². The Labute approximate surface area is 118 Å². The van der Waals surface area contributed by atoms with Crippen molar-refractivity contribution in [1.29, 1.82) is 5.26 Å². The minimum atomic E-state index is 0.507. The molecule has 0 N–H and O–H groups in total. The lowest BCUT2D eigenvalue weighted by Crippen LogP contribution is -2.25. The maximum Gasteiger partial charge on any atom is 0.152 e. The maximum atomic E-state index is 8.50. The summed E-state index contributed by atoms with van der Waals surface area (Å²) in [5.41, 5.74) is 0. The Balaban J connectivity index is 1.72. The lowest BCUT2D eigenvalue weighted by Gasteiger charge is -2.37. The van der Waals surface area contributed by atoms with Gasteiger partial charge in [0.2, 0.25) is 0 Å². The van der Waals surface area contributed by atoms with Crippen LogP contribution in [0.15, 0.2) is 0 Å². The van der Waals surface area contributed by atoms with Gasteiger partial charge < -0.3 is 0 Å². The molecule has 0 aromatic rings. The minimum absolute atomic E-state index is 0.507. The molecule has 19 heavy (non-hydrogen) atoms. The number of rotatable bonds is 3. The lowest BCUT2D eigenvalue weighted by atomic mass is 9.69. The van der Waals surface area contributed by atoms with Crippen LogP contribution >= 0.6 is 0 Å². The molecule has 0 atom stereocenters. The lowest BCUT2D eigenvalue weighted by molar-refractivity contribution is 0.154. The molecule has 0 bridgehead atoms. The van der Waals surface area contributed by atoms with Crippen LogP contribution in [0.2, 0.25) is 0 Å². The molecule has 1 heteroatoms. The molecule has 2 saturated carbocycles. The van der Waals surface area contributed by atoms with Crippen LogP contribution in [0.5, 0.6) is 0 Å². The first-order valence-corrected chi connectivity index (χ1v) is 8.23. The fourth-order valence-electron chi connectivity index (χ4n) is 4.23. The Morgan fingerprint density at radius 2 is 1.47 bits per heavy atom. The molecule has 0 aromatic carbocycles. The molecule has 0 aliphatic heterocycles. The average Bonchev–Trinajstić information content (AvgIpc) is 2.47. The first kappa shape index (κ1) is 14.5. The van der Waals surface area contributed by atoms with E-state index >= 15 is 0 Å². The van der Waals surface area contributed by atoms with Crippen molar-refractivity contribution in [1.82, 2.24) is 0 Å². The van der Waals surface area contributed by atoms with Crippen molar-refractivity contribution in [2.75, 3.05) is 0 Å². The third kappa shape index (κ3) is 4.28. The predicted octanol–water partition coefficient (Wildman–Crippen LogP) is 4.93. The van der Waals surface area contributed by atoms with Gasteiger partial charge >= 0.3 is 0 Å². The SMILES string of the molecule is CCCC1CCC(C2CCC(C#CC#N)CC2)CC1. The first-order valence-electron chi connectivity index (χ1n) is 8.23. The molecule has 104 valence electrons. The van der Waals surface area contributed by atoms with Crippen LogP contribution in [0.25, 0.3) is 0 Å². The summed E-state index contributed by atoms with van der Waals surface area (Å²) in [4.78, 5) is 0. The van der Waals surface area contributed by atoms with E-state index in [-0.39, 0.29) is 0 Å². The summed E-state index contributed by atoms with van der Waals surface area (Å²) < 4.78 is 0. The van der Waals surface area contributed by atoms with Crippen LogP contribution in [0, 0.1) is 46.8 Å². The number of hydrogen-bond acceptors (Lipinski definition) is 1. The number of nitrogens with zero attached hydrogens (tertiary/aromatic N) is 1. The summed E-state index contributed by atoms with van der Waals surface area (Å²) in [5.74, 6) is 9.19. The van der Waals surface area contributed by atoms with Crippen LogP contribution in [-0.2, 0) is 0 Å². The molecule has 0 heterocycles. The molecule has 0 aromatic heterocycles. The Bertz CT molecular complexity index is 351. The van der Waals surface area contributed by atoms with Crippen LogP contribution in [0.1, 0.15) is 71.1 Å². The fraction of sp³-hybridized carbons (Fsp3) is 0.833. The largest absolute Gasteiger partial charge is 0.183 e. The maximum absolute atomic E-state index is 8.50. The van der Waals surface area contributed by atoms with E-state index < -0.39 is 0 Å². The van der Waals surface area contributed by atoms with Gasteiger partial charge in [0.1, 0.15) is 0 Å². The molecule has 0 spiro atoms. The fourth-order valence-corrected chi connectivity index (χ4v) is 4.23. The zero-order chi connectivity index (χ0) is 13.5. The second-order valence-corrected chi connectivity index (χ2v) is 6.56. The molecule has 2 aliphatic rings. The van der Waals surface area contributed by atoms with Gasteiger partial charge in [0.05, 0.1) is 0 Å². The summed E-state index contributed by atoms with van der Waals surface area (Å²) in [6, 6.07) is 1.95. The number of hydrogen-bond donors (Lipinski definition) is 0. The van der Waals surface area contributed by atoms with Crippen LogP contribution < -0.4 is 0 Å². The van der Waals surface area contributed by atoms with Gasteiger partial charge in [-0.05, 0) is 56.3 Å². The van der Waals surface area contributed by atoms with E-state index in [0.717, 1.165) is 17.8 Å². The molecule has 2 fully saturated rings. The van der Waals surface area contributed by atoms with Gasteiger partial charge in [-0.2, -0.15) is 5.26 Å². The van der Waals surface area contributed by atoms with Crippen molar-refractivity contribution in [2.24, 2.45) is 23.7 Å². The molecule has 0 unspecified atom stereocenters. The van der Waals surface area contributed by atoms with E-state index in [0.29, 0.717) is 5.92 Å². The van der Waals surface area contributed by atoms with Crippen molar-refractivity contribution in [3.8, 4) is 17.9 Å². The topological polar surface area (TPSA) is 23.8 Å². The molecule has 0 radical (unpaired) electrons. The van der Waals surface area contributed by atoms with Crippen molar-refractivity contribution in [2.45, 2.75) is 71.1 Å². The smallest absolute Gasteiger partial charge is 0.152 e. The van der Waals surface area contributed by atoms with Crippen LogP contribution in [0.4, 0.5) is 0 Å². The second kappa shape index (κ2) is 7.59. The molecule has 2 rings (SSSR count). The van der Waals surface area contributed by atoms with E-state index in [1.807, 2.05) is 6.07 Å². The Hall–Kier alpha value is -0.950. The van der Waals surface area contributed by atoms with Gasteiger partial charge in [-0.3, -0.25) is 0 Å². The van der Waals surface area contributed by atoms with Gasteiger partial charge in [-0.15, -0.1) is 0 Å². The Morgan fingerprint density at radius 1 is 0.895 bits per heavy atom. The van der Waals surface area contributed by atoms with E-state index in [9.17, 15) is 0 Å². The summed E-state index contributed by atoms with van der Waals surface area (Å²) >= 11 is 0. The van der Waals surface area contributed by atoms with E-state index in [4.69, 9.17) is 5.26 Å². The van der Waals surface area contributed by atoms with Gasteiger partial charge in [0.25, 0.3) is 0 Å². The summed E-state index contributed by atoms with van der Waals surface area (Å²) in [5, 5.41) is 8.50. The molecule has 2 aliphatic carbocycles. The van der Waals surface area contributed by atoms with Crippen molar-refractivity contribution in [3.63, 3.8) is 0 Å².